The zero-order chi connectivity index (χ0) is 19.0. The van der Waals surface area contributed by atoms with Crippen molar-refractivity contribution in [2.45, 2.75) is 18.4 Å². The van der Waals surface area contributed by atoms with Crippen LogP contribution in [-0.2, 0) is 10.4 Å². The van der Waals surface area contributed by atoms with Crippen LogP contribution in [0.15, 0.2) is 60.7 Å². The Morgan fingerprint density at radius 1 is 1.00 bits per heavy atom. The summed E-state index contributed by atoms with van der Waals surface area (Å²) in [6, 6.07) is 16.4. The minimum Gasteiger partial charge on any atom is -0.546 e. The number of carboxylic acids is 1. The van der Waals surface area contributed by atoms with E-state index in [9.17, 15) is 15.0 Å². The molecule has 2 aromatic rings. The molecule has 1 aliphatic rings. The van der Waals surface area contributed by atoms with Crippen LogP contribution in [0.4, 0.5) is 0 Å². The van der Waals surface area contributed by atoms with E-state index in [-0.39, 0.29) is 35.1 Å². The standard InChI is InChI=1S/C14H12O3.C7H16NO.HI/c15-13(16)14(17,11-7-3-1-4-8-11)12-9-5-2-6-10-12;1-8(6-7-9)4-2-3-5-8;/h1-10,17H,(H,15,16);9H,2-7H2,1H3;1H/q;+1;/p-1. The molecule has 0 aliphatic carbocycles. The number of aliphatic carboxylic acids is 1. The second kappa shape index (κ2) is 10.8. The molecule has 2 N–H and O–H groups in total. The van der Waals surface area contributed by atoms with Crippen LogP contribution in [0.2, 0.25) is 0 Å². The number of carboxylic acid groups (broad SMARTS) is 1. The van der Waals surface area contributed by atoms with Gasteiger partial charge in [0.1, 0.15) is 6.54 Å². The first kappa shape index (κ1) is 23.6. The molecule has 1 aliphatic heterocycles. The highest BCUT2D eigenvalue weighted by atomic mass is 127. The van der Waals surface area contributed by atoms with Gasteiger partial charge in [-0.3, -0.25) is 0 Å². The number of aliphatic hydroxyl groups is 2. The number of benzene rings is 2. The van der Waals surface area contributed by atoms with Gasteiger partial charge in [0.15, 0.2) is 5.60 Å². The van der Waals surface area contributed by atoms with Gasteiger partial charge in [-0.15, -0.1) is 24.0 Å². The molecular formula is C21H28INO4. The highest BCUT2D eigenvalue weighted by molar-refractivity contribution is 14.0. The lowest BCUT2D eigenvalue weighted by Gasteiger charge is -2.30. The number of carbonyl (C=O) groups excluding carboxylic acids is 1. The van der Waals surface area contributed by atoms with Crippen molar-refractivity contribution in [1.82, 2.24) is 0 Å². The fourth-order valence-electron chi connectivity index (χ4n) is 3.32. The van der Waals surface area contributed by atoms with Gasteiger partial charge < -0.3 is 24.6 Å². The van der Waals surface area contributed by atoms with E-state index in [0.29, 0.717) is 6.61 Å². The van der Waals surface area contributed by atoms with Gasteiger partial charge in [-0.25, -0.2) is 0 Å². The smallest absolute Gasteiger partial charge is 0.154 e. The molecule has 1 heterocycles. The van der Waals surface area contributed by atoms with Crippen molar-refractivity contribution in [1.29, 1.82) is 0 Å². The molecule has 0 unspecified atom stereocenters. The van der Waals surface area contributed by atoms with Crippen LogP contribution in [0, 0.1) is 0 Å². The van der Waals surface area contributed by atoms with E-state index in [0.717, 1.165) is 11.0 Å². The number of likely N-dealkylation sites (N-methyl/N-ethyl adjacent to an activating group) is 1. The molecule has 3 rings (SSSR count). The maximum atomic E-state index is 11.3. The van der Waals surface area contributed by atoms with Crippen LogP contribution in [0.3, 0.4) is 0 Å². The van der Waals surface area contributed by atoms with Crippen molar-refractivity contribution in [3.8, 4) is 0 Å². The van der Waals surface area contributed by atoms with E-state index in [1.165, 1.54) is 25.9 Å². The van der Waals surface area contributed by atoms with Gasteiger partial charge in [0.05, 0.1) is 32.7 Å². The third-order valence-corrected chi connectivity index (χ3v) is 4.96. The van der Waals surface area contributed by atoms with Gasteiger partial charge in [0.2, 0.25) is 0 Å². The summed E-state index contributed by atoms with van der Waals surface area (Å²) in [6.07, 6.45) is 2.69. The fourth-order valence-corrected chi connectivity index (χ4v) is 3.32. The quantitative estimate of drug-likeness (QED) is 0.497. The molecule has 0 atom stereocenters. The first-order valence-electron chi connectivity index (χ1n) is 8.92. The molecule has 0 aromatic heterocycles. The summed E-state index contributed by atoms with van der Waals surface area (Å²) in [6.45, 7) is 3.82. The Labute approximate surface area is 177 Å². The number of carbonyl (C=O) groups is 1. The van der Waals surface area contributed by atoms with E-state index >= 15 is 0 Å². The Bertz CT molecular complexity index is 648. The number of aliphatic hydroxyl groups excluding tert-OH is 1. The van der Waals surface area contributed by atoms with Crippen molar-refractivity contribution >= 4 is 29.9 Å². The second-order valence-corrected chi connectivity index (χ2v) is 6.95. The van der Waals surface area contributed by atoms with Gasteiger partial charge in [0, 0.05) is 12.8 Å². The monoisotopic (exact) mass is 485 g/mol. The maximum Gasteiger partial charge on any atom is 0.154 e. The number of halogens is 1. The van der Waals surface area contributed by atoms with Crippen molar-refractivity contribution in [3.05, 3.63) is 71.8 Å². The Morgan fingerprint density at radius 2 is 1.41 bits per heavy atom. The third-order valence-electron chi connectivity index (χ3n) is 4.96. The molecule has 5 nitrogen and oxygen atoms in total. The van der Waals surface area contributed by atoms with Crippen LogP contribution in [0.1, 0.15) is 24.0 Å². The fraction of sp³-hybridized carbons (Fsp3) is 0.381. The van der Waals surface area contributed by atoms with E-state index in [1.54, 1.807) is 60.7 Å². The molecule has 1 fully saturated rings. The van der Waals surface area contributed by atoms with Gasteiger partial charge in [-0.1, -0.05) is 60.7 Å². The van der Waals surface area contributed by atoms with Crippen molar-refractivity contribution in [3.63, 3.8) is 0 Å². The van der Waals surface area contributed by atoms with Crippen LogP contribution in [0.5, 0.6) is 0 Å². The van der Waals surface area contributed by atoms with E-state index in [1.807, 2.05) is 0 Å². The zero-order valence-electron chi connectivity index (χ0n) is 15.6. The summed E-state index contributed by atoms with van der Waals surface area (Å²) in [5.74, 6) is -1.53. The van der Waals surface area contributed by atoms with Crippen molar-refractivity contribution in [2.24, 2.45) is 0 Å². The van der Waals surface area contributed by atoms with Crippen molar-refractivity contribution < 1.29 is 24.6 Å². The minimum absolute atomic E-state index is 0. The Morgan fingerprint density at radius 3 is 1.74 bits per heavy atom. The molecule has 27 heavy (non-hydrogen) atoms. The topological polar surface area (TPSA) is 80.6 Å². The lowest BCUT2D eigenvalue weighted by atomic mass is 9.86. The van der Waals surface area contributed by atoms with Gasteiger partial charge in [0.25, 0.3) is 0 Å². The number of hydrogen-bond donors (Lipinski definition) is 2. The Hall–Kier alpha value is -1.48. The van der Waals surface area contributed by atoms with E-state index in [2.05, 4.69) is 7.05 Å². The zero-order valence-corrected chi connectivity index (χ0v) is 17.9. The van der Waals surface area contributed by atoms with Gasteiger partial charge >= 0.3 is 0 Å². The summed E-state index contributed by atoms with van der Waals surface area (Å²) >= 11 is 0. The summed E-state index contributed by atoms with van der Waals surface area (Å²) in [4.78, 5) is 11.3. The molecule has 6 heteroatoms. The lowest BCUT2D eigenvalue weighted by molar-refractivity contribution is -0.897. The molecule has 0 bridgehead atoms. The summed E-state index contributed by atoms with van der Waals surface area (Å²) < 4.78 is 1.09. The largest absolute Gasteiger partial charge is 0.546 e. The first-order chi connectivity index (χ1) is 12.4. The molecule has 0 spiro atoms. The summed E-state index contributed by atoms with van der Waals surface area (Å²) in [7, 11) is 2.23. The van der Waals surface area contributed by atoms with Crippen molar-refractivity contribution in [2.75, 3.05) is 33.3 Å². The normalized spacial score (nSPS) is 15.2. The van der Waals surface area contributed by atoms with Gasteiger partial charge in [-0.2, -0.15) is 0 Å². The number of rotatable bonds is 5. The SMILES string of the molecule is C[N+]1(CCO)CCCC1.I.O=C([O-])C(O)(c1ccccc1)c1ccccc1. The summed E-state index contributed by atoms with van der Waals surface area (Å²) in [5, 5.41) is 30.3. The Balaban J connectivity index is 0.000000310. The predicted molar refractivity (Wildman–Crippen MR) is 113 cm³/mol. The number of likely N-dealkylation sites (tertiary alicyclic amines) is 1. The highest BCUT2D eigenvalue weighted by Gasteiger charge is 2.32. The molecule has 0 saturated carbocycles. The molecule has 148 valence electrons. The van der Waals surface area contributed by atoms with Crippen LogP contribution >= 0.6 is 24.0 Å². The van der Waals surface area contributed by atoms with E-state index in [4.69, 9.17) is 5.11 Å². The number of hydrogen-bond acceptors (Lipinski definition) is 4. The molecule has 1 saturated heterocycles. The number of quaternary nitrogens is 1. The maximum absolute atomic E-state index is 11.3. The number of nitrogens with zero attached hydrogens (tertiary/aromatic N) is 1. The second-order valence-electron chi connectivity index (χ2n) is 6.95. The summed E-state index contributed by atoms with van der Waals surface area (Å²) in [5.41, 5.74) is -1.54. The minimum atomic E-state index is -2.11. The average molecular weight is 485 g/mol. The highest BCUT2D eigenvalue weighted by Crippen LogP contribution is 2.28. The average Bonchev–Trinajstić information content (AvgIpc) is 3.09. The molecular weight excluding hydrogens is 457 g/mol. The van der Waals surface area contributed by atoms with Crippen LogP contribution < -0.4 is 5.11 Å². The third kappa shape index (κ3) is 6.00. The van der Waals surface area contributed by atoms with Crippen LogP contribution in [-0.4, -0.2) is 54.0 Å². The molecule has 0 amide bonds. The van der Waals surface area contributed by atoms with Crippen LogP contribution in [0.25, 0.3) is 0 Å². The Kier molecular flexibility index (Phi) is 9.38. The van der Waals surface area contributed by atoms with E-state index < -0.39 is 11.6 Å². The molecule has 0 radical (unpaired) electrons. The van der Waals surface area contributed by atoms with Gasteiger partial charge in [-0.05, 0) is 11.1 Å². The first-order valence-corrected chi connectivity index (χ1v) is 8.92. The molecule has 2 aromatic carbocycles. The lowest BCUT2D eigenvalue weighted by Crippen LogP contribution is -2.46. The predicted octanol–water partition coefficient (Wildman–Crippen LogP) is 1.51.